The Labute approximate surface area is 177 Å². The Hall–Kier alpha value is -2.78. The van der Waals surface area contributed by atoms with Gasteiger partial charge < -0.3 is 19.7 Å². The number of amides is 1. The molecule has 1 N–H and O–H groups in total. The van der Waals surface area contributed by atoms with Crippen molar-refractivity contribution in [2.75, 3.05) is 54.2 Å². The van der Waals surface area contributed by atoms with Crippen molar-refractivity contribution < 1.29 is 22.7 Å². The topological polar surface area (TPSA) is 88.2 Å². The maximum Gasteiger partial charge on any atom is 0.247 e. The molecule has 8 nitrogen and oxygen atoms in total. The average molecular weight is 434 g/mol. The van der Waals surface area contributed by atoms with E-state index in [4.69, 9.17) is 9.47 Å². The molecule has 162 valence electrons. The lowest BCUT2D eigenvalue weighted by Gasteiger charge is -2.29. The van der Waals surface area contributed by atoms with E-state index in [9.17, 15) is 13.2 Å². The van der Waals surface area contributed by atoms with Gasteiger partial charge >= 0.3 is 0 Å². The van der Waals surface area contributed by atoms with Crippen molar-refractivity contribution in [3.8, 4) is 5.75 Å². The largest absolute Gasteiger partial charge is 0.497 e. The number of hydrogen-bond acceptors (Lipinski definition) is 6. The average Bonchev–Trinajstić information content (AvgIpc) is 2.74. The van der Waals surface area contributed by atoms with Gasteiger partial charge in [-0.05, 0) is 55.5 Å². The van der Waals surface area contributed by atoms with Crippen molar-refractivity contribution in [1.29, 1.82) is 0 Å². The Morgan fingerprint density at radius 2 is 1.70 bits per heavy atom. The Bertz CT molecular complexity index is 955. The van der Waals surface area contributed by atoms with Crippen LogP contribution in [0.5, 0.6) is 5.75 Å². The molecule has 1 amide bonds. The number of ether oxygens (including phenoxy) is 2. The summed E-state index contributed by atoms with van der Waals surface area (Å²) < 4.78 is 36.4. The highest BCUT2D eigenvalue weighted by molar-refractivity contribution is 7.92. The van der Waals surface area contributed by atoms with Crippen LogP contribution in [0.1, 0.15) is 6.92 Å². The molecule has 1 fully saturated rings. The first-order valence-electron chi connectivity index (χ1n) is 9.66. The molecule has 0 radical (unpaired) electrons. The van der Waals surface area contributed by atoms with E-state index in [0.29, 0.717) is 30.3 Å². The molecule has 30 heavy (non-hydrogen) atoms. The first-order chi connectivity index (χ1) is 14.3. The molecular weight excluding hydrogens is 406 g/mol. The maximum atomic E-state index is 12.8. The van der Waals surface area contributed by atoms with Gasteiger partial charge in [-0.2, -0.15) is 0 Å². The number of morpholine rings is 1. The second-order valence-corrected chi connectivity index (χ2v) is 8.93. The second kappa shape index (κ2) is 9.36. The fourth-order valence-electron chi connectivity index (χ4n) is 3.36. The minimum atomic E-state index is -3.68. The van der Waals surface area contributed by atoms with Crippen LogP contribution in [0.2, 0.25) is 0 Å². The molecule has 0 aromatic heterocycles. The highest BCUT2D eigenvalue weighted by Crippen LogP contribution is 2.25. The molecule has 1 saturated heterocycles. The number of methoxy groups -OCH3 is 1. The van der Waals surface area contributed by atoms with Gasteiger partial charge in [-0.1, -0.05) is 0 Å². The highest BCUT2D eigenvalue weighted by Gasteiger charge is 2.29. The van der Waals surface area contributed by atoms with Gasteiger partial charge in [0.2, 0.25) is 15.9 Å². The summed E-state index contributed by atoms with van der Waals surface area (Å²) in [5, 5.41) is 2.80. The fourth-order valence-corrected chi connectivity index (χ4v) is 4.54. The zero-order valence-electron chi connectivity index (χ0n) is 17.4. The fraction of sp³-hybridized carbons (Fsp3) is 0.381. The minimum absolute atomic E-state index is 0.392. The van der Waals surface area contributed by atoms with E-state index in [0.717, 1.165) is 29.3 Å². The zero-order chi connectivity index (χ0) is 21.7. The third kappa shape index (κ3) is 5.22. The first-order valence-corrected chi connectivity index (χ1v) is 11.5. The Morgan fingerprint density at radius 3 is 2.23 bits per heavy atom. The monoisotopic (exact) mass is 433 g/mol. The van der Waals surface area contributed by atoms with Crippen LogP contribution < -0.4 is 19.3 Å². The zero-order valence-corrected chi connectivity index (χ0v) is 18.2. The molecule has 1 heterocycles. The standard InChI is InChI=1S/C21H27N3O5S/c1-16(24(30(3,26)27)19-8-10-20(28-2)11-9-19)21(25)22-17-4-6-18(7-5-17)23-12-14-29-15-13-23/h4-11,16H,12-15H2,1-3H3,(H,22,25). The molecule has 2 aromatic rings. The summed E-state index contributed by atoms with van der Waals surface area (Å²) in [5.41, 5.74) is 2.05. The van der Waals surface area contributed by atoms with Gasteiger partial charge in [0.25, 0.3) is 0 Å². The highest BCUT2D eigenvalue weighted by atomic mass is 32.2. The van der Waals surface area contributed by atoms with Crippen LogP contribution in [0.4, 0.5) is 17.1 Å². The number of hydrogen-bond donors (Lipinski definition) is 1. The first kappa shape index (κ1) is 21.9. The van der Waals surface area contributed by atoms with Crippen LogP contribution in [-0.2, 0) is 19.6 Å². The van der Waals surface area contributed by atoms with Gasteiger partial charge in [0.05, 0.1) is 32.3 Å². The number of carbonyl (C=O) groups is 1. The molecule has 1 atom stereocenters. The molecule has 0 aliphatic carbocycles. The van der Waals surface area contributed by atoms with E-state index in [1.807, 2.05) is 24.3 Å². The normalized spacial score (nSPS) is 15.4. The van der Waals surface area contributed by atoms with Crippen molar-refractivity contribution in [2.24, 2.45) is 0 Å². The van der Waals surface area contributed by atoms with Gasteiger partial charge in [-0.3, -0.25) is 9.10 Å². The smallest absolute Gasteiger partial charge is 0.247 e. The van der Waals surface area contributed by atoms with E-state index in [2.05, 4.69) is 10.2 Å². The van der Waals surface area contributed by atoms with Crippen LogP contribution in [0.15, 0.2) is 48.5 Å². The van der Waals surface area contributed by atoms with Crippen LogP contribution in [0, 0.1) is 0 Å². The van der Waals surface area contributed by atoms with Crippen molar-refractivity contribution in [3.63, 3.8) is 0 Å². The van der Waals surface area contributed by atoms with E-state index in [1.54, 1.807) is 31.2 Å². The molecule has 3 rings (SSSR count). The third-order valence-corrected chi connectivity index (χ3v) is 6.17. The van der Waals surface area contributed by atoms with Crippen LogP contribution in [0.25, 0.3) is 0 Å². The molecule has 2 aromatic carbocycles. The van der Waals surface area contributed by atoms with Crippen LogP contribution >= 0.6 is 0 Å². The summed E-state index contributed by atoms with van der Waals surface area (Å²) >= 11 is 0. The molecule has 9 heteroatoms. The van der Waals surface area contributed by atoms with E-state index < -0.39 is 22.0 Å². The maximum absolute atomic E-state index is 12.8. The van der Waals surface area contributed by atoms with Crippen molar-refractivity contribution >= 4 is 33.0 Å². The second-order valence-electron chi connectivity index (χ2n) is 7.07. The van der Waals surface area contributed by atoms with Crippen LogP contribution in [-0.4, -0.2) is 60.0 Å². The number of nitrogens with zero attached hydrogens (tertiary/aromatic N) is 2. The van der Waals surface area contributed by atoms with E-state index >= 15 is 0 Å². The van der Waals surface area contributed by atoms with Gasteiger partial charge in [0.15, 0.2) is 0 Å². The van der Waals surface area contributed by atoms with E-state index in [-0.39, 0.29) is 0 Å². The number of benzene rings is 2. The SMILES string of the molecule is COc1ccc(N(C(C)C(=O)Nc2ccc(N3CCOCC3)cc2)S(C)(=O)=O)cc1. The van der Waals surface area contributed by atoms with Gasteiger partial charge in [0.1, 0.15) is 11.8 Å². The lowest BCUT2D eigenvalue weighted by molar-refractivity contribution is -0.116. The molecule has 0 bridgehead atoms. The minimum Gasteiger partial charge on any atom is -0.497 e. The van der Waals surface area contributed by atoms with Gasteiger partial charge in [-0.15, -0.1) is 0 Å². The predicted molar refractivity (Wildman–Crippen MR) is 118 cm³/mol. The number of carbonyl (C=O) groups excluding carboxylic acids is 1. The van der Waals surface area contributed by atoms with E-state index in [1.165, 1.54) is 7.11 Å². The number of nitrogens with one attached hydrogen (secondary N) is 1. The van der Waals surface area contributed by atoms with Crippen molar-refractivity contribution in [3.05, 3.63) is 48.5 Å². The molecule has 1 aliphatic rings. The van der Waals surface area contributed by atoms with Crippen molar-refractivity contribution in [1.82, 2.24) is 0 Å². The lowest BCUT2D eigenvalue weighted by Crippen LogP contribution is -2.45. The summed E-state index contributed by atoms with van der Waals surface area (Å²) in [6.45, 7) is 4.61. The van der Waals surface area contributed by atoms with Crippen LogP contribution in [0.3, 0.4) is 0 Å². The summed E-state index contributed by atoms with van der Waals surface area (Å²) in [5.74, 6) is 0.181. The Balaban J connectivity index is 1.73. The van der Waals surface area contributed by atoms with Gasteiger partial charge in [-0.25, -0.2) is 8.42 Å². The Kier molecular flexibility index (Phi) is 6.84. The summed E-state index contributed by atoms with van der Waals surface area (Å²) in [7, 11) is -2.15. The summed E-state index contributed by atoms with van der Waals surface area (Å²) in [4.78, 5) is 15.0. The van der Waals surface area contributed by atoms with Gasteiger partial charge in [0, 0.05) is 24.5 Å². The molecular formula is C21H27N3O5S. The third-order valence-electron chi connectivity index (χ3n) is 4.93. The Morgan fingerprint density at radius 1 is 1.10 bits per heavy atom. The predicted octanol–water partition coefficient (Wildman–Crippen LogP) is 2.33. The molecule has 1 aliphatic heterocycles. The number of sulfonamides is 1. The molecule has 0 spiro atoms. The summed E-state index contributed by atoms with van der Waals surface area (Å²) in [6.07, 6.45) is 1.08. The quantitative estimate of drug-likeness (QED) is 0.721. The molecule has 0 saturated carbocycles. The number of rotatable bonds is 7. The number of anilines is 3. The van der Waals surface area contributed by atoms with Crippen molar-refractivity contribution in [2.45, 2.75) is 13.0 Å². The lowest BCUT2D eigenvalue weighted by atomic mass is 10.2. The molecule has 1 unspecified atom stereocenters. The summed E-state index contributed by atoms with van der Waals surface area (Å²) in [6, 6.07) is 13.1.